The number of carbonyl (C=O) groups is 1. The lowest BCUT2D eigenvalue weighted by Crippen LogP contribution is -2.29. The van der Waals surface area contributed by atoms with Crippen LogP contribution in [0.3, 0.4) is 0 Å². The number of nitrogens with zero attached hydrogens (tertiary/aromatic N) is 2. The van der Waals surface area contributed by atoms with Crippen LogP contribution in [0.15, 0.2) is 72.8 Å². The Balaban J connectivity index is 1.78. The predicted octanol–water partition coefficient (Wildman–Crippen LogP) is 5.25. The van der Waals surface area contributed by atoms with Gasteiger partial charge in [0.1, 0.15) is 11.4 Å². The van der Waals surface area contributed by atoms with Crippen molar-refractivity contribution in [3.8, 4) is 5.75 Å². The topological polar surface area (TPSA) is 34.5 Å². The van der Waals surface area contributed by atoms with E-state index in [0.717, 1.165) is 39.2 Å². The van der Waals surface area contributed by atoms with Crippen molar-refractivity contribution in [2.75, 3.05) is 12.0 Å². The van der Waals surface area contributed by atoms with Crippen LogP contribution in [0.25, 0.3) is 10.9 Å². The van der Waals surface area contributed by atoms with Gasteiger partial charge in [-0.15, -0.1) is 0 Å². The van der Waals surface area contributed by atoms with E-state index in [1.54, 1.807) is 7.11 Å². The predicted molar refractivity (Wildman–Crippen MR) is 116 cm³/mol. The van der Waals surface area contributed by atoms with Gasteiger partial charge in [-0.3, -0.25) is 9.69 Å². The molecule has 144 valence electrons. The Morgan fingerprint density at radius 1 is 0.931 bits per heavy atom. The Labute approximate surface area is 170 Å². The Kier molecular flexibility index (Phi) is 3.95. The molecule has 0 aliphatic carbocycles. The quantitative estimate of drug-likeness (QED) is 0.485. The van der Waals surface area contributed by atoms with Crippen LogP contribution >= 0.6 is 0 Å². The molecule has 4 nitrogen and oxygen atoms in total. The Morgan fingerprint density at radius 3 is 2.41 bits per heavy atom. The van der Waals surface area contributed by atoms with Crippen LogP contribution in [0.2, 0.25) is 0 Å². The Bertz CT molecular complexity index is 1240. The molecule has 0 spiro atoms. The maximum absolute atomic E-state index is 13.7. The van der Waals surface area contributed by atoms with Crippen LogP contribution in [0, 0.1) is 6.92 Å². The standard InChI is InChI=1S/C25H22N2O2/c1-16-7-6-8-17(15-16)23-22-20-9-4-5-10-21(20)26(2)24(22)25(28)27(23)18-11-13-19(29-3)14-12-18/h4-15,23H,1-3H3/t23-/m0/s1. The van der Waals surface area contributed by atoms with E-state index < -0.39 is 0 Å². The molecule has 0 N–H and O–H groups in total. The first-order valence-corrected chi connectivity index (χ1v) is 9.71. The summed E-state index contributed by atoms with van der Waals surface area (Å²) < 4.78 is 7.33. The maximum Gasteiger partial charge on any atom is 0.276 e. The number of para-hydroxylation sites is 1. The second kappa shape index (κ2) is 6.52. The lowest BCUT2D eigenvalue weighted by Gasteiger charge is -2.27. The molecule has 5 rings (SSSR count). The van der Waals surface area contributed by atoms with Crippen LogP contribution in [-0.2, 0) is 7.05 Å². The van der Waals surface area contributed by atoms with Gasteiger partial charge in [0.05, 0.1) is 13.2 Å². The highest BCUT2D eigenvalue weighted by Crippen LogP contribution is 2.46. The molecule has 4 aromatic rings. The molecule has 1 atom stereocenters. The molecule has 3 aromatic carbocycles. The minimum absolute atomic E-state index is 0.0235. The van der Waals surface area contributed by atoms with Crippen molar-refractivity contribution in [2.45, 2.75) is 13.0 Å². The number of hydrogen-bond acceptors (Lipinski definition) is 2. The van der Waals surface area contributed by atoms with Crippen molar-refractivity contribution in [2.24, 2.45) is 7.05 Å². The normalized spacial score (nSPS) is 15.8. The summed E-state index contributed by atoms with van der Waals surface area (Å²) in [6.45, 7) is 2.09. The van der Waals surface area contributed by atoms with Gasteiger partial charge < -0.3 is 9.30 Å². The number of anilines is 1. The minimum atomic E-state index is -0.170. The number of benzene rings is 3. The molecule has 0 fully saturated rings. The molecule has 1 aromatic heterocycles. The monoisotopic (exact) mass is 382 g/mol. The van der Waals surface area contributed by atoms with Crippen LogP contribution in [0.5, 0.6) is 5.75 Å². The highest BCUT2D eigenvalue weighted by atomic mass is 16.5. The fourth-order valence-corrected chi connectivity index (χ4v) is 4.48. The summed E-state index contributed by atoms with van der Waals surface area (Å²) in [6.07, 6.45) is 0. The number of hydrogen-bond donors (Lipinski definition) is 0. The average Bonchev–Trinajstić information content (AvgIpc) is 3.21. The minimum Gasteiger partial charge on any atom is -0.497 e. The van der Waals surface area contributed by atoms with Crippen LogP contribution in [0.4, 0.5) is 5.69 Å². The summed E-state index contributed by atoms with van der Waals surface area (Å²) >= 11 is 0. The fraction of sp³-hybridized carbons (Fsp3) is 0.160. The number of rotatable bonds is 3. The van der Waals surface area contributed by atoms with Crippen molar-refractivity contribution < 1.29 is 9.53 Å². The zero-order valence-corrected chi connectivity index (χ0v) is 16.7. The lowest BCUT2D eigenvalue weighted by molar-refractivity contribution is 0.0986. The first-order valence-electron chi connectivity index (χ1n) is 9.71. The summed E-state index contributed by atoms with van der Waals surface area (Å²) in [5.74, 6) is 0.797. The first kappa shape index (κ1) is 17.6. The lowest BCUT2D eigenvalue weighted by atomic mass is 9.96. The van der Waals surface area contributed by atoms with E-state index in [1.165, 1.54) is 5.56 Å². The maximum atomic E-state index is 13.7. The van der Waals surface area contributed by atoms with Crippen molar-refractivity contribution in [1.82, 2.24) is 4.57 Å². The zero-order valence-electron chi connectivity index (χ0n) is 16.7. The molecule has 29 heavy (non-hydrogen) atoms. The molecule has 1 amide bonds. The molecule has 2 heterocycles. The van der Waals surface area contributed by atoms with Crippen LogP contribution in [0.1, 0.15) is 33.2 Å². The largest absolute Gasteiger partial charge is 0.497 e. The summed E-state index contributed by atoms with van der Waals surface area (Å²) in [5.41, 5.74) is 6.08. The highest BCUT2D eigenvalue weighted by molar-refractivity contribution is 6.15. The molecule has 0 saturated carbocycles. The van der Waals surface area contributed by atoms with Crippen molar-refractivity contribution >= 4 is 22.5 Å². The third-order valence-corrected chi connectivity index (χ3v) is 5.81. The fourth-order valence-electron chi connectivity index (χ4n) is 4.48. The van der Waals surface area contributed by atoms with Crippen LogP contribution < -0.4 is 9.64 Å². The molecule has 0 radical (unpaired) electrons. The summed E-state index contributed by atoms with van der Waals surface area (Å²) in [6, 6.07) is 24.2. The van der Waals surface area contributed by atoms with Crippen molar-refractivity contribution in [3.63, 3.8) is 0 Å². The van der Waals surface area contributed by atoms with E-state index in [4.69, 9.17) is 4.74 Å². The third-order valence-electron chi connectivity index (χ3n) is 5.81. The van der Waals surface area contributed by atoms with E-state index in [0.29, 0.717) is 0 Å². The van der Waals surface area contributed by atoms with E-state index in [-0.39, 0.29) is 11.9 Å². The van der Waals surface area contributed by atoms with E-state index >= 15 is 0 Å². The second-order valence-corrected chi connectivity index (χ2v) is 7.53. The van der Waals surface area contributed by atoms with Gasteiger partial charge in [-0.1, -0.05) is 48.0 Å². The molecular weight excluding hydrogens is 360 g/mol. The third kappa shape index (κ3) is 2.56. The summed E-state index contributed by atoms with van der Waals surface area (Å²) in [4.78, 5) is 15.6. The van der Waals surface area contributed by atoms with Gasteiger partial charge in [0.2, 0.25) is 0 Å². The molecule has 0 bridgehead atoms. The molecule has 1 aliphatic heterocycles. The number of aromatic nitrogens is 1. The number of methoxy groups -OCH3 is 1. The van der Waals surface area contributed by atoms with Gasteiger partial charge in [0.15, 0.2) is 0 Å². The van der Waals surface area contributed by atoms with Crippen molar-refractivity contribution in [1.29, 1.82) is 0 Å². The van der Waals surface area contributed by atoms with E-state index in [1.807, 2.05) is 52.9 Å². The van der Waals surface area contributed by atoms with Crippen molar-refractivity contribution in [3.05, 3.63) is 95.2 Å². The smallest absolute Gasteiger partial charge is 0.276 e. The average molecular weight is 382 g/mol. The molecule has 4 heteroatoms. The second-order valence-electron chi connectivity index (χ2n) is 7.53. The Hall–Kier alpha value is -3.53. The van der Waals surface area contributed by atoms with Gasteiger partial charge in [-0.25, -0.2) is 0 Å². The van der Waals surface area contributed by atoms with Gasteiger partial charge >= 0.3 is 0 Å². The molecule has 0 unspecified atom stereocenters. The van der Waals surface area contributed by atoms with E-state index in [2.05, 4.69) is 43.3 Å². The summed E-state index contributed by atoms with van der Waals surface area (Å²) in [7, 11) is 3.62. The number of ether oxygens (including phenoxy) is 1. The van der Waals surface area contributed by atoms with Gasteiger partial charge in [-0.05, 0) is 42.8 Å². The van der Waals surface area contributed by atoms with Gasteiger partial charge in [-0.2, -0.15) is 0 Å². The number of amides is 1. The molecular formula is C25H22N2O2. The molecule has 0 saturated heterocycles. The SMILES string of the molecule is COc1ccc(N2C(=O)c3c(c4ccccc4n3C)[C@@H]2c2cccc(C)c2)cc1. The first-order chi connectivity index (χ1) is 14.1. The Morgan fingerprint density at radius 2 is 1.69 bits per heavy atom. The van der Waals surface area contributed by atoms with Gasteiger partial charge in [0, 0.05) is 29.2 Å². The highest BCUT2D eigenvalue weighted by Gasteiger charge is 2.42. The van der Waals surface area contributed by atoms with Gasteiger partial charge in [0.25, 0.3) is 5.91 Å². The van der Waals surface area contributed by atoms with Crippen LogP contribution in [-0.4, -0.2) is 17.6 Å². The number of carbonyl (C=O) groups excluding carboxylic acids is 1. The molecule has 1 aliphatic rings. The zero-order chi connectivity index (χ0) is 20.1. The number of aryl methyl sites for hydroxylation is 2. The number of fused-ring (bicyclic) bond motifs is 3. The van der Waals surface area contributed by atoms with E-state index in [9.17, 15) is 4.79 Å². The summed E-state index contributed by atoms with van der Waals surface area (Å²) in [5, 5.41) is 1.13.